The molecule has 0 bridgehead atoms. The molecule has 3 aromatic rings. The second-order valence-electron chi connectivity index (χ2n) is 8.60. The maximum atomic E-state index is 14.6. The van der Waals surface area contributed by atoms with Crippen molar-refractivity contribution in [2.45, 2.75) is 32.0 Å². The van der Waals surface area contributed by atoms with E-state index in [0.717, 1.165) is 12.1 Å². The van der Waals surface area contributed by atoms with Gasteiger partial charge in [0.2, 0.25) is 5.91 Å². The highest BCUT2D eigenvalue weighted by Crippen LogP contribution is 2.39. The smallest absolute Gasteiger partial charge is 0.331 e. The maximum Gasteiger partial charge on any atom is 0.416 e. The van der Waals surface area contributed by atoms with Crippen molar-refractivity contribution in [3.8, 4) is 0 Å². The summed E-state index contributed by atoms with van der Waals surface area (Å²) >= 11 is 0. The Kier molecular flexibility index (Phi) is 6.91. The number of aryl methyl sites for hydroxylation is 1. The number of hydrogen-bond acceptors (Lipinski definition) is 2. The number of anilines is 1. The number of piperidine rings is 1. The molecule has 2 amide bonds. The van der Waals surface area contributed by atoms with E-state index in [-0.39, 0.29) is 11.3 Å². The largest absolute Gasteiger partial charge is 0.416 e. The first-order valence-corrected chi connectivity index (χ1v) is 11.3. The van der Waals surface area contributed by atoms with Crippen molar-refractivity contribution < 1.29 is 27.2 Å². The Morgan fingerprint density at radius 1 is 0.971 bits per heavy atom. The van der Waals surface area contributed by atoms with Crippen molar-refractivity contribution in [3.05, 3.63) is 101 Å². The first kappa shape index (κ1) is 24.4. The molecular formula is C27H24F4N2O2. The second kappa shape index (κ2) is 9.90. The highest BCUT2D eigenvalue weighted by molar-refractivity contribution is 5.98. The molecule has 4 nitrogen and oxygen atoms in total. The maximum absolute atomic E-state index is 14.6. The minimum absolute atomic E-state index is 0.0186. The van der Waals surface area contributed by atoms with Gasteiger partial charge >= 0.3 is 6.18 Å². The molecule has 35 heavy (non-hydrogen) atoms. The van der Waals surface area contributed by atoms with Crippen LogP contribution in [0.5, 0.6) is 0 Å². The number of alkyl halides is 3. The van der Waals surface area contributed by atoms with Crippen LogP contribution in [0.25, 0.3) is 0 Å². The van der Waals surface area contributed by atoms with E-state index in [0.29, 0.717) is 30.5 Å². The minimum Gasteiger partial charge on any atom is -0.331 e. The lowest BCUT2D eigenvalue weighted by Gasteiger charge is -2.41. The number of amides is 2. The van der Waals surface area contributed by atoms with Gasteiger partial charge in [0.05, 0.1) is 23.1 Å². The fraction of sp³-hybridized carbons (Fsp3) is 0.259. The molecule has 1 aliphatic heterocycles. The highest BCUT2D eigenvalue weighted by Gasteiger charge is 2.40. The molecule has 1 aliphatic rings. The molecule has 182 valence electrons. The first-order chi connectivity index (χ1) is 16.7. The summed E-state index contributed by atoms with van der Waals surface area (Å²) in [5.74, 6) is -2.40. The van der Waals surface area contributed by atoms with Gasteiger partial charge in [-0.3, -0.25) is 9.59 Å². The summed E-state index contributed by atoms with van der Waals surface area (Å²) in [6.07, 6.45) is -3.63. The normalized spacial score (nSPS) is 18.3. The van der Waals surface area contributed by atoms with Crippen LogP contribution in [0.15, 0.2) is 72.8 Å². The van der Waals surface area contributed by atoms with Crippen LogP contribution >= 0.6 is 0 Å². The summed E-state index contributed by atoms with van der Waals surface area (Å²) in [6, 6.07) is 17.1. The Balaban J connectivity index is 1.68. The molecule has 1 fully saturated rings. The Labute approximate surface area is 200 Å². The van der Waals surface area contributed by atoms with E-state index >= 15 is 0 Å². The molecule has 2 atom stereocenters. The fourth-order valence-electron chi connectivity index (χ4n) is 4.62. The summed E-state index contributed by atoms with van der Waals surface area (Å²) in [7, 11) is 0. The quantitative estimate of drug-likeness (QED) is 0.437. The summed E-state index contributed by atoms with van der Waals surface area (Å²) in [5.41, 5.74) is 0.277. The van der Waals surface area contributed by atoms with Crippen molar-refractivity contribution in [1.29, 1.82) is 0 Å². The summed E-state index contributed by atoms with van der Waals surface area (Å²) in [4.78, 5) is 28.4. The van der Waals surface area contributed by atoms with Crippen molar-refractivity contribution in [2.75, 3.05) is 11.9 Å². The molecule has 1 unspecified atom stereocenters. The molecule has 0 spiro atoms. The van der Waals surface area contributed by atoms with Crippen LogP contribution in [-0.4, -0.2) is 23.3 Å². The number of rotatable bonds is 4. The van der Waals surface area contributed by atoms with Gasteiger partial charge in [-0.25, -0.2) is 4.39 Å². The molecule has 0 aliphatic carbocycles. The number of hydrogen-bond donors (Lipinski definition) is 1. The fourth-order valence-corrected chi connectivity index (χ4v) is 4.62. The number of benzene rings is 3. The van der Waals surface area contributed by atoms with Crippen LogP contribution in [0, 0.1) is 18.7 Å². The van der Waals surface area contributed by atoms with E-state index in [4.69, 9.17) is 0 Å². The molecule has 1 heterocycles. The SMILES string of the molecule is Cc1cccc(F)c1C(=O)N1CCC[C@H](C(=O)Nc2cccc(C(F)(F)F)c2)C1c1ccccc1. The summed E-state index contributed by atoms with van der Waals surface area (Å²) in [6.45, 7) is 1.97. The monoisotopic (exact) mass is 484 g/mol. The van der Waals surface area contributed by atoms with Crippen LogP contribution in [0.3, 0.4) is 0 Å². The highest BCUT2D eigenvalue weighted by atomic mass is 19.4. The third-order valence-electron chi connectivity index (χ3n) is 6.26. The van der Waals surface area contributed by atoms with Gasteiger partial charge < -0.3 is 10.2 Å². The van der Waals surface area contributed by atoms with Crippen molar-refractivity contribution in [1.82, 2.24) is 4.90 Å². The van der Waals surface area contributed by atoms with E-state index in [2.05, 4.69) is 5.32 Å². The van der Waals surface area contributed by atoms with E-state index in [9.17, 15) is 27.2 Å². The van der Waals surface area contributed by atoms with Gasteiger partial charge in [0.1, 0.15) is 5.82 Å². The van der Waals surface area contributed by atoms with E-state index in [1.807, 2.05) is 0 Å². The molecule has 8 heteroatoms. The summed E-state index contributed by atoms with van der Waals surface area (Å²) in [5, 5.41) is 2.59. The van der Waals surface area contributed by atoms with Gasteiger partial charge in [0, 0.05) is 12.2 Å². The molecule has 1 saturated heterocycles. The van der Waals surface area contributed by atoms with E-state index in [1.54, 1.807) is 43.3 Å². The standard InChI is InChI=1S/C27H24F4N2O2/c1-17-8-5-14-22(28)23(17)26(35)33-15-7-13-21(24(33)18-9-3-2-4-10-18)25(34)32-20-12-6-11-19(16-20)27(29,30)31/h2-6,8-12,14,16,21,24H,7,13,15H2,1H3,(H,32,34)/t21-,24?/m0/s1. The Morgan fingerprint density at radius 2 is 1.69 bits per heavy atom. The lowest BCUT2D eigenvalue weighted by atomic mass is 9.83. The van der Waals surface area contributed by atoms with Gasteiger partial charge in [0.15, 0.2) is 0 Å². The number of likely N-dealkylation sites (tertiary alicyclic amines) is 1. The van der Waals surface area contributed by atoms with Gasteiger partial charge in [-0.1, -0.05) is 48.5 Å². The van der Waals surface area contributed by atoms with Crippen molar-refractivity contribution in [2.24, 2.45) is 5.92 Å². The molecule has 4 rings (SSSR count). The third-order valence-corrected chi connectivity index (χ3v) is 6.26. The van der Waals surface area contributed by atoms with Gasteiger partial charge in [-0.05, 0) is 55.2 Å². The van der Waals surface area contributed by atoms with Gasteiger partial charge in [-0.2, -0.15) is 13.2 Å². The molecule has 1 N–H and O–H groups in total. The second-order valence-corrected chi connectivity index (χ2v) is 8.60. The van der Waals surface area contributed by atoms with Crippen LogP contribution in [-0.2, 0) is 11.0 Å². The molecular weight excluding hydrogens is 460 g/mol. The average Bonchev–Trinajstić information content (AvgIpc) is 2.83. The molecule has 0 radical (unpaired) electrons. The number of nitrogens with zero attached hydrogens (tertiary/aromatic N) is 1. The number of nitrogens with one attached hydrogen (secondary N) is 1. The third kappa shape index (κ3) is 5.21. The zero-order valence-electron chi connectivity index (χ0n) is 19.0. The lowest BCUT2D eigenvalue weighted by Crippen LogP contribution is -2.46. The Hall–Kier alpha value is -3.68. The first-order valence-electron chi connectivity index (χ1n) is 11.3. The molecule has 0 aromatic heterocycles. The topological polar surface area (TPSA) is 49.4 Å². The predicted octanol–water partition coefficient (Wildman–Crippen LogP) is 6.39. The zero-order chi connectivity index (χ0) is 25.2. The van der Waals surface area contributed by atoms with Gasteiger partial charge in [-0.15, -0.1) is 0 Å². The van der Waals surface area contributed by atoms with Crippen LogP contribution in [0.4, 0.5) is 23.2 Å². The van der Waals surface area contributed by atoms with E-state index < -0.39 is 41.3 Å². The van der Waals surface area contributed by atoms with Crippen LogP contribution in [0.1, 0.15) is 45.9 Å². The Bertz CT molecular complexity index is 1210. The van der Waals surface area contributed by atoms with Crippen molar-refractivity contribution in [3.63, 3.8) is 0 Å². The van der Waals surface area contributed by atoms with Crippen LogP contribution in [0.2, 0.25) is 0 Å². The molecule has 0 saturated carbocycles. The summed E-state index contributed by atoms with van der Waals surface area (Å²) < 4.78 is 54.0. The number of carbonyl (C=O) groups excluding carboxylic acids is 2. The number of halogens is 4. The van der Waals surface area contributed by atoms with Gasteiger partial charge in [0.25, 0.3) is 5.91 Å². The van der Waals surface area contributed by atoms with Crippen molar-refractivity contribution >= 4 is 17.5 Å². The average molecular weight is 484 g/mol. The van der Waals surface area contributed by atoms with Crippen LogP contribution < -0.4 is 5.32 Å². The number of carbonyl (C=O) groups is 2. The minimum atomic E-state index is -4.54. The zero-order valence-corrected chi connectivity index (χ0v) is 19.0. The Morgan fingerprint density at radius 3 is 2.37 bits per heavy atom. The lowest BCUT2D eigenvalue weighted by molar-refractivity contribution is -0.137. The van der Waals surface area contributed by atoms with E-state index in [1.165, 1.54) is 29.2 Å². The predicted molar refractivity (Wildman–Crippen MR) is 124 cm³/mol. The molecule has 3 aromatic carbocycles.